The van der Waals surface area contributed by atoms with Gasteiger partial charge in [0, 0.05) is 7.11 Å². The molecule has 2 aromatic rings. The fraction of sp³-hybridized carbons (Fsp3) is 0.591. The Balaban J connectivity index is 0.000000879. The molecule has 0 aliphatic heterocycles. The van der Waals surface area contributed by atoms with Gasteiger partial charge >= 0.3 is 0 Å². The molecule has 1 atom stereocenters. The Bertz CT molecular complexity index is 1110. The van der Waals surface area contributed by atoms with E-state index in [0.29, 0.717) is 17.9 Å². The van der Waals surface area contributed by atoms with E-state index < -0.39 is 0 Å². The molecule has 0 heterocycles. The number of hydrogen-bond acceptors (Lipinski definition) is 1. The second-order valence-corrected chi connectivity index (χ2v) is 13.6. The predicted molar refractivity (Wildman–Crippen MR) is 205 cm³/mol. The summed E-state index contributed by atoms with van der Waals surface area (Å²) in [5, 5.41) is 0. The Morgan fingerprint density at radius 3 is 1.93 bits per heavy atom. The van der Waals surface area contributed by atoms with Gasteiger partial charge in [0.15, 0.2) is 0 Å². The number of benzene rings is 2. The molecule has 0 aliphatic carbocycles. The second kappa shape index (κ2) is 23.9. The van der Waals surface area contributed by atoms with Crippen LogP contribution in [0.15, 0.2) is 66.3 Å². The van der Waals surface area contributed by atoms with E-state index >= 15 is 0 Å². The molecule has 2 aromatic carbocycles. The van der Waals surface area contributed by atoms with Crippen molar-refractivity contribution in [3.63, 3.8) is 0 Å². The summed E-state index contributed by atoms with van der Waals surface area (Å²) in [5.41, 5.74) is 12.6. The van der Waals surface area contributed by atoms with Crippen molar-refractivity contribution in [1.29, 1.82) is 0 Å². The molecule has 1 nitrogen and oxygen atoms in total. The third-order valence-electron chi connectivity index (χ3n) is 8.60. The van der Waals surface area contributed by atoms with Crippen molar-refractivity contribution in [1.82, 2.24) is 0 Å². The summed E-state index contributed by atoms with van der Waals surface area (Å²) in [6.07, 6.45) is 16.6. The lowest BCUT2D eigenvalue weighted by molar-refractivity contribution is 0.184. The SMILES string of the molecule is C=C(/C=C(\C=C(/C)CCC)c1cc(CCC)c(C)c(COC)c1)CCC.CC.CCCCCc1ccc(C(C)C(C)(C)C)cc1. The highest BCUT2D eigenvalue weighted by Crippen LogP contribution is 2.34. The molecule has 45 heavy (non-hydrogen) atoms. The molecular weight excluding hydrogens is 544 g/mol. The largest absolute Gasteiger partial charge is 0.380 e. The number of unbranched alkanes of at least 4 members (excludes halogenated alkanes) is 2. The first-order valence-corrected chi connectivity index (χ1v) is 18.2. The third-order valence-corrected chi connectivity index (χ3v) is 8.60. The molecule has 0 fully saturated rings. The van der Waals surface area contributed by atoms with Gasteiger partial charge in [-0.3, -0.25) is 0 Å². The molecule has 254 valence electrons. The first-order chi connectivity index (χ1) is 21.4. The number of aryl methyl sites for hydroxylation is 2. The van der Waals surface area contributed by atoms with Crippen LogP contribution in [0.25, 0.3) is 5.57 Å². The van der Waals surface area contributed by atoms with Crippen molar-refractivity contribution in [3.05, 3.63) is 99.7 Å². The van der Waals surface area contributed by atoms with Gasteiger partial charge in [-0.05, 0) is 102 Å². The van der Waals surface area contributed by atoms with Gasteiger partial charge < -0.3 is 4.74 Å². The van der Waals surface area contributed by atoms with Crippen LogP contribution < -0.4 is 0 Å². The van der Waals surface area contributed by atoms with E-state index in [-0.39, 0.29) is 0 Å². The molecule has 0 N–H and O–H groups in total. The van der Waals surface area contributed by atoms with Crippen LogP contribution in [0.3, 0.4) is 0 Å². The molecule has 0 spiro atoms. The maximum absolute atomic E-state index is 5.46. The minimum Gasteiger partial charge on any atom is -0.380 e. The number of methoxy groups -OCH3 is 1. The highest BCUT2D eigenvalue weighted by Gasteiger charge is 2.21. The van der Waals surface area contributed by atoms with E-state index in [2.05, 4.69) is 124 Å². The van der Waals surface area contributed by atoms with Crippen molar-refractivity contribution >= 4 is 5.57 Å². The third kappa shape index (κ3) is 16.7. The van der Waals surface area contributed by atoms with Gasteiger partial charge in [-0.1, -0.05) is 162 Å². The molecule has 1 heteroatoms. The van der Waals surface area contributed by atoms with Crippen molar-refractivity contribution < 1.29 is 4.74 Å². The van der Waals surface area contributed by atoms with Crippen molar-refractivity contribution in [2.45, 2.75) is 160 Å². The number of allylic oxidation sites excluding steroid dienone is 5. The van der Waals surface area contributed by atoms with Gasteiger partial charge in [0.2, 0.25) is 0 Å². The van der Waals surface area contributed by atoms with Crippen molar-refractivity contribution in [2.75, 3.05) is 7.11 Å². The highest BCUT2D eigenvalue weighted by molar-refractivity contribution is 5.77. The normalized spacial score (nSPS) is 12.6. The van der Waals surface area contributed by atoms with E-state index in [1.54, 1.807) is 7.11 Å². The maximum Gasteiger partial charge on any atom is 0.0715 e. The van der Waals surface area contributed by atoms with Crippen molar-refractivity contribution in [3.8, 4) is 0 Å². The average molecular weight is 617 g/mol. The van der Waals surface area contributed by atoms with Crippen LogP contribution >= 0.6 is 0 Å². The smallest absolute Gasteiger partial charge is 0.0715 e. The van der Waals surface area contributed by atoms with Crippen LogP contribution in [-0.2, 0) is 24.2 Å². The first-order valence-electron chi connectivity index (χ1n) is 18.2. The first kappa shape index (κ1) is 42.6. The van der Waals surface area contributed by atoms with E-state index in [1.807, 2.05) is 13.8 Å². The Kier molecular flexibility index (Phi) is 22.6. The summed E-state index contributed by atoms with van der Waals surface area (Å²) in [7, 11) is 1.77. The summed E-state index contributed by atoms with van der Waals surface area (Å²) in [6.45, 7) is 31.6. The standard InChI is InChI=1S/C25H38O.C17H28.C2H6/c1-8-11-19(4)14-23(15-20(5)12-9-2)24-16-22(13-10-3)21(6)25(17-24)18-26-7;1-6-7-8-9-15-10-12-16(13-11-15)14(2)17(3,4)5;1-2/h14-17H,4,8-13,18H2,1-3,5-7H3;10-14H,6-9H2,1-5H3;1-2H3/b20-15+,23-14+;;. The molecule has 0 bridgehead atoms. The highest BCUT2D eigenvalue weighted by atomic mass is 16.5. The molecule has 2 rings (SSSR count). The molecule has 0 amide bonds. The summed E-state index contributed by atoms with van der Waals surface area (Å²) in [5.74, 6) is 0.618. The Hall–Kier alpha value is -2.38. The molecule has 0 saturated carbocycles. The van der Waals surface area contributed by atoms with Crippen LogP contribution in [0, 0.1) is 12.3 Å². The van der Waals surface area contributed by atoms with Crippen LogP contribution in [-0.4, -0.2) is 7.11 Å². The summed E-state index contributed by atoms with van der Waals surface area (Å²) < 4.78 is 5.46. The van der Waals surface area contributed by atoms with Crippen molar-refractivity contribution in [2.24, 2.45) is 5.41 Å². The summed E-state index contributed by atoms with van der Waals surface area (Å²) in [6, 6.07) is 13.9. The molecule has 1 unspecified atom stereocenters. The number of rotatable bonds is 16. The molecule has 0 aliphatic rings. The Morgan fingerprint density at radius 2 is 1.42 bits per heavy atom. The van der Waals surface area contributed by atoms with E-state index in [0.717, 1.165) is 32.1 Å². The monoisotopic (exact) mass is 617 g/mol. The van der Waals surface area contributed by atoms with Crippen LogP contribution in [0.2, 0.25) is 0 Å². The number of hydrogen-bond donors (Lipinski definition) is 0. The quantitative estimate of drug-likeness (QED) is 0.135. The Labute approximate surface area is 281 Å². The maximum atomic E-state index is 5.46. The van der Waals surface area contributed by atoms with E-state index in [1.165, 1.54) is 82.2 Å². The van der Waals surface area contributed by atoms with Gasteiger partial charge in [0.25, 0.3) is 0 Å². The average Bonchev–Trinajstić information content (AvgIpc) is 3.00. The van der Waals surface area contributed by atoms with Gasteiger partial charge in [-0.25, -0.2) is 0 Å². The van der Waals surface area contributed by atoms with Crippen LogP contribution in [0.1, 0.15) is 167 Å². The van der Waals surface area contributed by atoms with E-state index in [9.17, 15) is 0 Å². The van der Waals surface area contributed by atoms with Gasteiger partial charge in [-0.2, -0.15) is 0 Å². The fourth-order valence-electron chi connectivity index (χ4n) is 5.45. The topological polar surface area (TPSA) is 9.23 Å². The lowest BCUT2D eigenvalue weighted by atomic mass is 9.78. The molecule has 0 saturated heterocycles. The lowest BCUT2D eigenvalue weighted by Gasteiger charge is -2.27. The zero-order chi connectivity index (χ0) is 34.4. The lowest BCUT2D eigenvalue weighted by Crippen LogP contribution is -2.15. The minimum atomic E-state index is 0.351. The molecule has 0 radical (unpaired) electrons. The van der Waals surface area contributed by atoms with E-state index in [4.69, 9.17) is 4.74 Å². The fourth-order valence-corrected chi connectivity index (χ4v) is 5.45. The van der Waals surface area contributed by atoms with Crippen LogP contribution in [0.4, 0.5) is 0 Å². The molecule has 0 aromatic heterocycles. The second-order valence-electron chi connectivity index (χ2n) is 13.6. The van der Waals surface area contributed by atoms with Crippen LogP contribution in [0.5, 0.6) is 0 Å². The Morgan fingerprint density at radius 1 is 0.822 bits per heavy atom. The zero-order valence-electron chi connectivity index (χ0n) is 32.1. The number of ether oxygens (including phenoxy) is 1. The predicted octanol–water partition coefficient (Wildman–Crippen LogP) is 14.2. The van der Waals surface area contributed by atoms with Gasteiger partial charge in [-0.15, -0.1) is 0 Å². The van der Waals surface area contributed by atoms with Gasteiger partial charge in [0.1, 0.15) is 0 Å². The molecular formula is C44H72O. The summed E-state index contributed by atoms with van der Waals surface area (Å²) >= 11 is 0. The zero-order valence-corrected chi connectivity index (χ0v) is 32.1. The van der Waals surface area contributed by atoms with Gasteiger partial charge in [0.05, 0.1) is 6.61 Å². The minimum absolute atomic E-state index is 0.351. The summed E-state index contributed by atoms with van der Waals surface area (Å²) in [4.78, 5) is 0.